The summed E-state index contributed by atoms with van der Waals surface area (Å²) in [6.45, 7) is 8.15. The summed E-state index contributed by atoms with van der Waals surface area (Å²) in [4.78, 5) is 12.1. The van der Waals surface area contributed by atoms with Gasteiger partial charge in [-0.2, -0.15) is 0 Å². The average molecular weight is 220 g/mol. The predicted octanol–water partition coefficient (Wildman–Crippen LogP) is 2.92. The van der Waals surface area contributed by atoms with Gasteiger partial charge in [-0.25, -0.2) is 0 Å². The van der Waals surface area contributed by atoms with Gasteiger partial charge in [0.15, 0.2) is 5.78 Å². The van der Waals surface area contributed by atoms with Gasteiger partial charge in [-0.05, 0) is 38.8 Å². The molecule has 2 heteroatoms. The normalized spacial score (nSPS) is 11.5. The van der Waals surface area contributed by atoms with E-state index in [2.05, 4.69) is 0 Å². The number of carbonyl (C=O) groups excluding carboxylic acids is 1. The Labute approximate surface area is 97.6 Å². The smallest absolute Gasteiger partial charge is 0.168 e. The Morgan fingerprint density at radius 1 is 1.31 bits per heavy atom. The van der Waals surface area contributed by atoms with E-state index in [1.165, 1.54) is 0 Å². The van der Waals surface area contributed by atoms with E-state index in [1.54, 1.807) is 0 Å². The van der Waals surface area contributed by atoms with E-state index in [-0.39, 0.29) is 5.78 Å². The molecule has 0 radical (unpaired) electrons. The van der Waals surface area contributed by atoms with Crippen LogP contribution in [-0.4, -0.2) is 18.0 Å². The molecule has 0 spiro atoms. The third kappa shape index (κ3) is 3.17. The molecule has 0 N–H and O–H groups in total. The average Bonchev–Trinajstić information content (AvgIpc) is 2.21. The van der Waals surface area contributed by atoms with Crippen LogP contribution in [0.1, 0.15) is 31.9 Å². The molecule has 0 atom stereocenters. The Balaban J connectivity index is 2.75. The topological polar surface area (TPSA) is 26.3 Å². The van der Waals surface area contributed by atoms with E-state index in [0.717, 1.165) is 11.1 Å². The fraction of sp³-hybridized carbons (Fsp3) is 0.500. The van der Waals surface area contributed by atoms with Crippen molar-refractivity contribution in [2.75, 3.05) is 6.61 Å². The van der Waals surface area contributed by atoms with Crippen LogP contribution in [-0.2, 0) is 16.0 Å². The van der Waals surface area contributed by atoms with Gasteiger partial charge in [0.1, 0.15) is 5.60 Å². The molecular weight excluding hydrogens is 200 g/mol. The van der Waals surface area contributed by atoms with Crippen LogP contribution in [0, 0.1) is 6.92 Å². The van der Waals surface area contributed by atoms with E-state index < -0.39 is 5.60 Å². The van der Waals surface area contributed by atoms with Crippen molar-refractivity contribution in [3.63, 3.8) is 0 Å². The van der Waals surface area contributed by atoms with E-state index in [0.29, 0.717) is 13.0 Å². The number of hydrogen-bond donors (Lipinski definition) is 0. The number of ether oxygens (including phenoxy) is 1. The van der Waals surface area contributed by atoms with Gasteiger partial charge < -0.3 is 4.74 Å². The summed E-state index contributed by atoms with van der Waals surface area (Å²) in [5.41, 5.74) is 1.56. The molecule has 0 unspecified atom stereocenters. The second kappa shape index (κ2) is 5.26. The molecule has 2 nitrogen and oxygen atoms in total. The summed E-state index contributed by atoms with van der Waals surface area (Å²) in [5.74, 6) is 0.128. The number of ketones is 1. The Bertz CT molecular complexity index is 367. The Morgan fingerprint density at radius 2 is 1.94 bits per heavy atom. The van der Waals surface area contributed by atoms with Gasteiger partial charge in [-0.15, -0.1) is 0 Å². The lowest BCUT2D eigenvalue weighted by Crippen LogP contribution is -2.36. The first-order valence-electron chi connectivity index (χ1n) is 5.69. The lowest BCUT2D eigenvalue weighted by atomic mass is 9.94. The quantitative estimate of drug-likeness (QED) is 0.762. The molecule has 1 rings (SSSR count). The number of carbonyl (C=O) groups is 1. The Kier molecular flexibility index (Phi) is 4.25. The van der Waals surface area contributed by atoms with Crippen LogP contribution in [0.2, 0.25) is 0 Å². The molecule has 0 saturated heterocycles. The van der Waals surface area contributed by atoms with Crippen molar-refractivity contribution >= 4 is 5.78 Å². The summed E-state index contributed by atoms with van der Waals surface area (Å²) in [6, 6.07) is 7.96. The molecular formula is C14H20O2. The van der Waals surface area contributed by atoms with Gasteiger partial charge in [-0.3, -0.25) is 4.79 Å². The van der Waals surface area contributed by atoms with Gasteiger partial charge in [0, 0.05) is 13.0 Å². The van der Waals surface area contributed by atoms with E-state index in [9.17, 15) is 4.79 Å². The minimum absolute atomic E-state index is 0.128. The molecule has 0 aliphatic carbocycles. The second-order valence-electron chi connectivity index (χ2n) is 4.47. The Morgan fingerprint density at radius 3 is 2.50 bits per heavy atom. The number of Topliss-reactive ketones (excluding diaryl/α,β-unsaturated/α-hetero) is 1. The van der Waals surface area contributed by atoms with Crippen molar-refractivity contribution < 1.29 is 9.53 Å². The van der Waals surface area contributed by atoms with Crippen LogP contribution < -0.4 is 0 Å². The zero-order valence-electron chi connectivity index (χ0n) is 10.5. The molecule has 0 saturated carbocycles. The van der Waals surface area contributed by atoms with Crippen LogP contribution in [0.15, 0.2) is 24.3 Å². The highest BCUT2D eigenvalue weighted by atomic mass is 16.5. The predicted molar refractivity (Wildman–Crippen MR) is 65.6 cm³/mol. The molecule has 0 bridgehead atoms. The maximum atomic E-state index is 12.1. The number of hydrogen-bond acceptors (Lipinski definition) is 2. The van der Waals surface area contributed by atoms with Crippen molar-refractivity contribution in [2.24, 2.45) is 0 Å². The summed E-state index contributed by atoms with van der Waals surface area (Å²) in [5, 5.41) is 0. The largest absolute Gasteiger partial charge is 0.368 e. The first-order chi connectivity index (χ1) is 7.47. The minimum Gasteiger partial charge on any atom is -0.368 e. The van der Waals surface area contributed by atoms with Gasteiger partial charge in [0.05, 0.1) is 0 Å². The Hall–Kier alpha value is -1.15. The zero-order valence-corrected chi connectivity index (χ0v) is 10.5. The van der Waals surface area contributed by atoms with Crippen LogP contribution in [0.3, 0.4) is 0 Å². The van der Waals surface area contributed by atoms with Gasteiger partial charge in [0.2, 0.25) is 0 Å². The molecule has 88 valence electrons. The maximum Gasteiger partial charge on any atom is 0.168 e. The fourth-order valence-corrected chi connectivity index (χ4v) is 1.64. The highest BCUT2D eigenvalue weighted by molar-refractivity contribution is 5.88. The molecule has 16 heavy (non-hydrogen) atoms. The van der Waals surface area contributed by atoms with Crippen molar-refractivity contribution in [1.29, 1.82) is 0 Å². The van der Waals surface area contributed by atoms with Crippen LogP contribution in [0.4, 0.5) is 0 Å². The molecule has 1 aromatic carbocycles. The maximum absolute atomic E-state index is 12.1. The van der Waals surface area contributed by atoms with E-state index in [1.807, 2.05) is 52.0 Å². The summed E-state index contributed by atoms with van der Waals surface area (Å²) in [6.07, 6.45) is 0.444. The highest BCUT2D eigenvalue weighted by Gasteiger charge is 2.27. The lowest BCUT2D eigenvalue weighted by molar-refractivity contribution is -0.139. The van der Waals surface area contributed by atoms with E-state index >= 15 is 0 Å². The lowest BCUT2D eigenvalue weighted by Gasteiger charge is -2.23. The number of aryl methyl sites for hydroxylation is 1. The first-order valence-corrected chi connectivity index (χ1v) is 5.69. The molecule has 0 heterocycles. The zero-order chi connectivity index (χ0) is 12.2. The summed E-state index contributed by atoms with van der Waals surface area (Å²) < 4.78 is 5.45. The van der Waals surface area contributed by atoms with Crippen LogP contribution in [0.5, 0.6) is 0 Å². The molecule has 0 aliphatic rings. The monoisotopic (exact) mass is 220 g/mol. The van der Waals surface area contributed by atoms with Crippen LogP contribution in [0.25, 0.3) is 0 Å². The first kappa shape index (κ1) is 12.9. The summed E-state index contributed by atoms with van der Waals surface area (Å²) in [7, 11) is 0. The third-order valence-corrected chi connectivity index (χ3v) is 2.79. The molecule has 0 aromatic heterocycles. The minimum atomic E-state index is -0.684. The van der Waals surface area contributed by atoms with E-state index in [4.69, 9.17) is 4.74 Å². The van der Waals surface area contributed by atoms with Crippen molar-refractivity contribution in [3.8, 4) is 0 Å². The fourth-order valence-electron chi connectivity index (χ4n) is 1.64. The van der Waals surface area contributed by atoms with Crippen LogP contribution >= 0.6 is 0 Å². The third-order valence-electron chi connectivity index (χ3n) is 2.79. The number of rotatable bonds is 5. The SMILES string of the molecule is CCOC(C)(C)C(=O)Cc1ccccc1C. The van der Waals surface area contributed by atoms with Crippen molar-refractivity contribution in [2.45, 2.75) is 39.7 Å². The van der Waals surface area contributed by atoms with Crippen molar-refractivity contribution in [1.82, 2.24) is 0 Å². The molecule has 0 amide bonds. The van der Waals surface area contributed by atoms with Gasteiger partial charge in [0.25, 0.3) is 0 Å². The second-order valence-corrected chi connectivity index (χ2v) is 4.47. The molecule has 0 fully saturated rings. The standard InChI is InChI=1S/C14H20O2/c1-5-16-14(3,4)13(15)10-12-9-7-6-8-11(12)2/h6-9H,5,10H2,1-4H3. The van der Waals surface area contributed by atoms with Gasteiger partial charge in [-0.1, -0.05) is 24.3 Å². The van der Waals surface area contributed by atoms with Gasteiger partial charge >= 0.3 is 0 Å². The highest BCUT2D eigenvalue weighted by Crippen LogP contribution is 2.16. The summed E-state index contributed by atoms with van der Waals surface area (Å²) >= 11 is 0. The number of benzene rings is 1. The van der Waals surface area contributed by atoms with Crippen molar-refractivity contribution in [3.05, 3.63) is 35.4 Å². The molecule has 0 aliphatic heterocycles. The molecule has 1 aromatic rings.